The molecule has 2 N–H and O–H groups in total. The van der Waals surface area contributed by atoms with Crippen LogP contribution in [0, 0.1) is 10.1 Å². The van der Waals surface area contributed by atoms with Gasteiger partial charge in [-0.15, -0.1) is 0 Å². The number of ether oxygens (including phenoxy) is 6. The average molecular weight is 620 g/mol. The Morgan fingerprint density at radius 1 is 0.818 bits per heavy atom. The maximum Gasteiger partial charge on any atom is 0.303 e. The summed E-state index contributed by atoms with van der Waals surface area (Å²) in [7, 11) is 0. The Bertz CT molecular complexity index is 1410. The Hall–Kier alpha value is -5.25. The van der Waals surface area contributed by atoms with E-state index in [4.69, 9.17) is 28.4 Å². The molecule has 0 aliphatic carbocycles. The second kappa shape index (κ2) is 14.3. The molecule has 236 valence electrons. The number of rotatable bonds is 11. The van der Waals surface area contributed by atoms with E-state index in [0.29, 0.717) is 5.56 Å². The van der Waals surface area contributed by atoms with Gasteiger partial charge in [-0.2, -0.15) is 0 Å². The lowest BCUT2D eigenvalue weighted by Crippen LogP contribution is -2.63. The number of aromatic hydroxyl groups is 2. The van der Waals surface area contributed by atoms with Crippen molar-refractivity contribution >= 4 is 35.3 Å². The van der Waals surface area contributed by atoms with Gasteiger partial charge < -0.3 is 38.6 Å². The van der Waals surface area contributed by atoms with Crippen LogP contribution in [0.4, 0.5) is 5.69 Å². The molecule has 16 heteroatoms. The van der Waals surface area contributed by atoms with Crippen LogP contribution in [0.5, 0.6) is 17.2 Å². The molecule has 16 nitrogen and oxygen atoms in total. The van der Waals surface area contributed by atoms with Crippen molar-refractivity contribution in [2.75, 3.05) is 6.61 Å². The molecular weight excluding hydrogens is 590 g/mol. The van der Waals surface area contributed by atoms with Crippen molar-refractivity contribution in [2.45, 2.75) is 64.8 Å². The molecule has 1 aliphatic heterocycles. The number of benzene rings is 2. The van der Waals surface area contributed by atoms with Crippen molar-refractivity contribution in [1.29, 1.82) is 0 Å². The van der Waals surface area contributed by atoms with E-state index in [1.54, 1.807) is 0 Å². The first kappa shape index (κ1) is 33.3. The summed E-state index contributed by atoms with van der Waals surface area (Å²) in [6.45, 7) is 3.75. The molecule has 3 rings (SSSR count). The van der Waals surface area contributed by atoms with E-state index >= 15 is 0 Å². The normalized spacial score (nSPS) is 21.0. The first-order valence-electron chi connectivity index (χ1n) is 13.0. The Morgan fingerprint density at radius 2 is 1.34 bits per heavy atom. The monoisotopic (exact) mass is 619 g/mol. The molecule has 1 aliphatic rings. The van der Waals surface area contributed by atoms with Crippen molar-refractivity contribution in [3.63, 3.8) is 0 Å². The highest BCUT2D eigenvalue weighted by Gasteiger charge is 2.53. The highest BCUT2D eigenvalue weighted by Crippen LogP contribution is 2.36. The molecule has 1 saturated heterocycles. The summed E-state index contributed by atoms with van der Waals surface area (Å²) in [5.74, 6) is -5.73. The highest BCUT2D eigenvalue weighted by atomic mass is 16.7. The topological polar surface area (TPSA) is 224 Å². The zero-order valence-electron chi connectivity index (χ0n) is 23.9. The number of hydrogen-bond donors (Lipinski definition) is 2. The fourth-order valence-electron chi connectivity index (χ4n) is 4.37. The van der Waals surface area contributed by atoms with Gasteiger partial charge in [-0.3, -0.25) is 34.1 Å². The van der Waals surface area contributed by atoms with Gasteiger partial charge in [0, 0.05) is 58.4 Å². The zero-order chi connectivity index (χ0) is 32.7. The molecule has 2 aromatic carbocycles. The summed E-state index contributed by atoms with van der Waals surface area (Å²) < 4.78 is 32.5. The third kappa shape index (κ3) is 8.64. The number of esters is 4. The van der Waals surface area contributed by atoms with Crippen molar-refractivity contribution in [3.8, 4) is 17.2 Å². The predicted octanol–water partition coefficient (Wildman–Crippen LogP) is 1.89. The molecule has 5 atom stereocenters. The Morgan fingerprint density at radius 3 is 1.84 bits per heavy atom. The van der Waals surface area contributed by atoms with Gasteiger partial charge in [-0.05, 0) is 5.56 Å². The second-order valence-electron chi connectivity index (χ2n) is 9.55. The Kier molecular flexibility index (Phi) is 10.8. The first-order chi connectivity index (χ1) is 20.7. The van der Waals surface area contributed by atoms with E-state index in [0.717, 1.165) is 39.8 Å². The number of phenols is 2. The van der Waals surface area contributed by atoms with E-state index in [9.17, 15) is 44.3 Å². The van der Waals surface area contributed by atoms with Crippen LogP contribution in [0.15, 0.2) is 36.4 Å². The zero-order valence-corrected chi connectivity index (χ0v) is 23.9. The van der Waals surface area contributed by atoms with Gasteiger partial charge in [0.2, 0.25) is 12.4 Å². The lowest BCUT2D eigenvalue weighted by molar-refractivity contribution is -0.384. The van der Waals surface area contributed by atoms with E-state index < -0.39 is 89.0 Å². The standard InChI is InChI=1S/C28H29NO15/c1-13(30)39-12-23-25(40-14(2)31)26(41-15(3)32)27(42-16(4)33)28(44-23)43-19-10-21(35)24(22(36)11-19)20(34)9-17-5-7-18(8-6-17)29(37)38/h5-8,10-11,23,25-28,35-36H,9,12H2,1-4H3. The molecule has 1 fully saturated rings. The summed E-state index contributed by atoms with van der Waals surface area (Å²) in [6, 6.07) is 7.02. The number of hydrogen-bond acceptors (Lipinski definition) is 15. The van der Waals surface area contributed by atoms with Gasteiger partial charge in [0.1, 0.15) is 35.5 Å². The fourth-order valence-corrected chi connectivity index (χ4v) is 4.37. The largest absolute Gasteiger partial charge is 0.507 e. The summed E-state index contributed by atoms with van der Waals surface area (Å²) in [5.41, 5.74) is -0.287. The van der Waals surface area contributed by atoms with Crippen LogP contribution in [-0.2, 0) is 49.3 Å². The summed E-state index contributed by atoms with van der Waals surface area (Å²) in [4.78, 5) is 70.5. The molecule has 0 radical (unpaired) electrons. The van der Waals surface area contributed by atoms with Crippen molar-refractivity contribution in [3.05, 3.63) is 57.6 Å². The van der Waals surface area contributed by atoms with Crippen LogP contribution >= 0.6 is 0 Å². The minimum Gasteiger partial charge on any atom is -0.507 e. The number of Topliss-reactive ketones (excluding diaryl/α,β-unsaturated/α-hetero) is 1. The van der Waals surface area contributed by atoms with E-state index in [-0.39, 0.29) is 17.9 Å². The van der Waals surface area contributed by atoms with E-state index in [1.165, 1.54) is 24.3 Å². The Labute approximate surface area is 249 Å². The van der Waals surface area contributed by atoms with Crippen LogP contribution in [0.2, 0.25) is 0 Å². The molecule has 0 aromatic heterocycles. The predicted molar refractivity (Wildman–Crippen MR) is 143 cm³/mol. The molecule has 0 amide bonds. The molecule has 0 saturated carbocycles. The SMILES string of the molecule is CC(=O)OCC1OC(Oc2cc(O)c(C(=O)Cc3ccc([N+](=O)[O-])cc3)c(O)c2)C(OC(C)=O)C(OC(C)=O)C1OC(C)=O. The minimum atomic E-state index is -1.66. The highest BCUT2D eigenvalue weighted by molar-refractivity contribution is 6.02. The van der Waals surface area contributed by atoms with Gasteiger partial charge >= 0.3 is 23.9 Å². The summed E-state index contributed by atoms with van der Waals surface area (Å²) in [5, 5.41) is 32.1. The molecule has 0 bridgehead atoms. The molecule has 5 unspecified atom stereocenters. The van der Waals surface area contributed by atoms with Crippen LogP contribution < -0.4 is 4.74 Å². The minimum absolute atomic E-state index is 0.185. The number of nitrogens with zero attached hydrogens (tertiary/aromatic N) is 1. The van der Waals surface area contributed by atoms with E-state index in [2.05, 4.69) is 0 Å². The number of nitro benzene ring substituents is 1. The fraction of sp³-hybridized carbons (Fsp3) is 0.393. The van der Waals surface area contributed by atoms with Crippen molar-refractivity contribution in [2.24, 2.45) is 0 Å². The third-order valence-corrected chi connectivity index (χ3v) is 6.06. The maximum absolute atomic E-state index is 12.9. The van der Waals surface area contributed by atoms with Crippen LogP contribution in [0.3, 0.4) is 0 Å². The molecule has 2 aromatic rings. The summed E-state index contributed by atoms with van der Waals surface area (Å²) >= 11 is 0. The van der Waals surface area contributed by atoms with Gasteiger partial charge in [-0.1, -0.05) is 12.1 Å². The quantitative estimate of drug-likeness (QED) is 0.120. The number of non-ortho nitro benzene ring substituents is 1. The van der Waals surface area contributed by atoms with Gasteiger partial charge in [0.25, 0.3) is 5.69 Å². The number of phenolic OH excluding ortho intramolecular Hbond substituents is 2. The number of carbonyl (C=O) groups is 5. The summed E-state index contributed by atoms with van der Waals surface area (Å²) in [6.07, 6.45) is -7.82. The van der Waals surface area contributed by atoms with Crippen molar-refractivity contribution in [1.82, 2.24) is 0 Å². The number of nitro groups is 1. The second-order valence-corrected chi connectivity index (χ2v) is 9.55. The van der Waals surface area contributed by atoms with E-state index in [1.807, 2.05) is 0 Å². The first-order valence-corrected chi connectivity index (χ1v) is 13.0. The van der Waals surface area contributed by atoms with Gasteiger partial charge in [-0.25, -0.2) is 0 Å². The Balaban J connectivity index is 1.93. The number of ketones is 1. The smallest absolute Gasteiger partial charge is 0.303 e. The molecule has 0 spiro atoms. The lowest BCUT2D eigenvalue weighted by atomic mass is 9.98. The average Bonchev–Trinajstić information content (AvgIpc) is 2.90. The molecular formula is C28H29NO15. The van der Waals surface area contributed by atoms with Crippen LogP contribution in [0.1, 0.15) is 43.6 Å². The molecule has 1 heterocycles. The van der Waals surface area contributed by atoms with Crippen LogP contribution in [-0.4, -0.2) is 82.1 Å². The van der Waals surface area contributed by atoms with Crippen LogP contribution in [0.25, 0.3) is 0 Å². The van der Waals surface area contributed by atoms with Crippen molar-refractivity contribution < 1.29 is 67.5 Å². The van der Waals surface area contributed by atoms with Gasteiger partial charge in [0.15, 0.2) is 18.0 Å². The number of carbonyl (C=O) groups excluding carboxylic acids is 5. The van der Waals surface area contributed by atoms with Gasteiger partial charge in [0.05, 0.1) is 4.92 Å². The maximum atomic E-state index is 12.9. The molecule has 44 heavy (non-hydrogen) atoms. The lowest BCUT2D eigenvalue weighted by Gasteiger charge is -2.43. The third-order valence-electron chi connectivity index (χ3n) is 6.06.